The molecule has 0 aliphatic heterocycles. The number of amides is 2. The van der Waals surface area contributed by atoms with Gasteiger partial charge >= 0.3 is 12.4 Å². The number of alkyl halides is 8. The molecule has 2 aromatic heterocycles. The van der Waals surface area contributed by atoms with Crippen LogP contribution in [0.3, 0.4) is 0 Å². The van der Waals surface area contributed by atoms with Crippen molar-refractivity contribution < 1.29 is 44.7 Å². The van der Waals surface area contributed by atoms with Crippen molar-refractivity contribution in [2.45, 2.75) is 75.3 Å². The van der Waals surface area contributed by atoms with E-state index >= 15 is 0 Å². The number of nitrogens with zero attached hydrogens (tertiary/aromatic N) is 3. The first-order chi connectivity index (χ1) is 20.6. The molecule has 2 heterocycles. The van der Waals surface area contributed by atoms with Crippen molar-refractivity contribution in [1.82, 2.24) is 25.2 Å². The molecular weight excluding hydrogens is 602 g/mol. The number of hydrogen-bond donors (Lipinski definition) is 2. The van der Waals surface area contributed by atoms with Gasteiger partial charge in [0.05, 0.1) is 30.2 Å². The van der Waals surface area contributed by atoms with Gasteiger partial charge in [-0.25, -0.2) is 18.3 Å². The first kappa shape index (κ1) is 31.6. The van der Waals surface area contributed by atoms with Crippen LogP contribution in [0, 0.1) is 17.8 Å². The van der Waals surface area contributed by atoms with E-state index in [1.807, 2.05) is 0 Å². The molecule has 2 aliphatic rings. The van der Waals surface area contributed by atoms with E-state index in [0.29, 0.717) is 29.7 Å². The van der Waals surface area contributed by atoms with Crippen LogP contribution < -0.4 is 10.6 Å². The maximum atomic E-state index is 13.9. The maximum absolute atomic E-state index is 13.9. The summed E-state index contributed by atoms with van der Waals surface area (Å²) in [6.45, 7) is 0. The predicted octanol–water partition coefficient (Wildman–Crippen LogP) is 6.72. The molecule has 3 aromatic rings. The molecule has 1 aromatic carbocycles. The lowest BCUT2D eigenvalue weighted by Gasteiger charge is -2.33. The SMILES string of the molecule is O=C(CC(C(F)(F)F)C(F)(F)F)NC(c1cnn2cc([C@@H](NC(=O)c3ccccc3)C3CCC(F)(F)CC3)nc2c1)C1CC1. The number of benzene rings is 1. The Kier molecular flexibility index (Phi) is 8.60. The second-order valence-electron chi connectivity index (χ2n) is 11.5. The number of hydrogen-bond acceptors (Lipinski definition) is 4. The van der Waals surface area contributed by atoms with Gasteiger partial charge in [0.1, 0.15) is 0 Å². The molecule has 15 heteroatoms. The smallest absolute Gasteiger partial charge is 0.349 e. The van der Waals surface area contributed by atoms with Gasteiger partial charge in [0.2, 0.25) is 11.8 Å². The van der Waals surface area contributed by atoms with Crippen molar-refractivity contribution in [3.05, 3.63) is 65.6 Å². The Morgan fingerprint density at radius 2 is 1.52 bits per heavy atom. The quantitative estimate of drug-likeness (QED) is 0.257. The van der Waals surface area contributed by atoms with Crippen LogP contribution in [0.4, 0.5) is 35.1 Å². The van der Waals surface area contributed by atoms with Crippen LogP contribution in [0.25, 0.3) is 5.65 Å². The molecule has 0 spiro atoms. The molecule has 0 saturated heterocycles. The number of fused-ring (bicyclic) bond motifs is 1. The minimum Gasteiger partial charge on any atom is -0.349 e. The summed E-state index contributed by atoms with van der Waals surface area (Å²) in [5, 5.41) is 9.52. The van der Waals surface area contributed by atoms with E-state index in [1.165, 1.54) is 23.0 Å². The summed E-state index contributed by atoms with van der Waals surface area (Å²) in [6, 6.07) is 8.20. The Morgan fingerprint density at radius 3 is 2.11 bits per heavy atom. The molecular formula is C29H29F8N5O2. The fourth-order valence-corrected chi connectivity index (χ4v) is 5.61. The number of nitrogens with one attached hydrogen (secondary N) is 2. The molecule has 238 valence electrons. The highest BCUT2D eigenvalue weighted by molar-refractivity contribution is 5.94. The third-order valence-corrected chi connectivity index (χ3v) is 8.18. The normalized spacial score (nSPS) is 19.1. The fourth-order valence-electron chi connectivity index (χ4n) is 5.61. The van der Waals surface area contributed by atoms with Crippen LogP contribution in [0.15, 0.2) is 48.8 Å². The third kappa shape index (κ3) is 7.46. The zero-order valence-electron chi connectivity index (χ0n) is 23.1. The molecule has 2 fully saturated rings. The van der Waals surface area contributed by atoms with Crippen LogP contribution in [0.1, 0.15) is 78.6 Å². The second kappa shape index (κ2) is 12.0. The topological polar surface area (TPSA) is 88.4 Å². The number of rotatable bonds is 9. The summed E-state index contributed by atoms with van der Waals surface area (Å²) in [5.74, 6) is -9.00. The Hall–Kier alpha value is -3.78. The molecule has 0 bridgehead atoms. The van der Waals surface area contributed by atoms with E-state index in [0.717, 1.165) is 0 Å². The molecule has 7 nitrogen and oxygen atoms in total. The lowest BCUT2D eigenvalue weighted by atomic mass is 9.81. The average molecular weight is 632 g/mol. The van der Waals surface area contributed by atoms with Crippen molar-refractivity contribution in [1.29, 1.82) is 0 Å². The number of carbonyl (C=O) groups is 2. The highest BCUT2D eigenvalue weighted by Gasteiger charge is 2.57. The number of aromatic nitrogens is 3. The first-order valence-electron chi connectivity index (χ1n) is 14.1. The highest BCUT2D eigenvalue weighted by Crippen LogP contribution is 2.44. The average Bonchev–Trinajstić information content (AvgIpc) is 3.70. The van der Waals surface area contributed by atoms with Gasteiger partial charge < -0.3 is 10.6 Å². The van der Waals surface area contributed by atoms with Crippen molar-refractivity contribution in [3.63, 3.8) is 0 Å². The third-order valence-electron chi connectivity index (χ3n) is 8.18. The van der Waals surface area contributed by atoms with Gasteiger partial charge in [0.25, 0.3) is 5.91 Å². The summed E-state index contributed by atoms with van der Waals surface area (Å²) in [6.07, 6.45) is -9.46. The van der Waals surface area contributed by atoms with Gasteiger partial charge in [-0.15, -0.1) is 0 Å². The van der Waals surface area contributed by atoms with Gasteiger partial charge in [-0.05, 0) is 61.3 Å². The zero-order valence-corrected chi connectivity index (χ0v) is 23.1. The van der Waals surface area contributed by atoms with E-state index < -0.39 is 54.5 Å². The molecule has 0 radical (unpaired) electrons. The van der Waals surface area contributed by atoms with Gasteiger partial charge in [-0.3, -0.25) is 9.59 Å². The Labute approximate surface area is 246 Å². The lowest BCUT2D eigenvalue weighted by molar-refractivity contribution is -0.284. The Morgan fingerprint density at radius 1 is 0.909 bits per heavy atom. The lowest BCUT2D eigenvalue weighted by Crippen LogP contribution is -2.41. The van der Waals surface area contributed by atoms with Crippen LogP contribution in [0.5, 0.6) is 0 Å². The van der Waals surface area contributed by atoms with E-state index in [9.17, 15) is 44.7 Å². The van der Waals surface area contributed by atoms with Crippen LogP contribution >= 0.6 is 0 Å². The van der Waals surface area contributed by atoms with E-state index in [-0.39, 0.29) is 43.2 Å². The fraction of sp³-hybridized carbons (Fsp3) is 0.517. The molecule has 1 unspecified atom stereocenters. The molecule has 2 N–H and O–H groups in total. The molecule has 2 aliphatic carbocycles. The zero-order chi connectivity index (χ0) is 31.9. The summed E-state index contributed by atoms with van der Waals surface area (Å²) in [7, 11) is 0. The molecule has 5 rings (SSSR count). The monoisotopic (exact) mass is 631 g/mol. The van der Waals surface area contributed by atoms with E-state index in [1.54, 1.807) is 30.3 Å². The van der Waals surface area contributed by atoms with Crippen molar-refractivity contribution in [2.24, 2.45) is 17.8 Å². The number of halogens is 8. The van der Waals surface area contributed by atoms with Gasteiger partial charge in [0.15, 0.2) is 11.6 Å². The molecule has 2 saturated carbocycles. The first-order valence-corrected chi connectivity index (χ1v) is 14.1. The van der Waals surface area contributed by atoms with Crippen LogP contribution in [0.2, 0.25) is 0 Å². The largest absolute Gasteiger partial charge is 0.400 e. The number of imidazole rings is 1. The summed E-state index contributed by atoms with van der Waals surface area (Å²) in [4.78, 5) is 30.0. The molecule has 44 heavy (non-hydrogen) atoms. The van der Waals surface area contributed by atoms with Crippen LogP contribution in [-0.4, -0.2) is 44.7 Å². The van der Waals surface area contributed by atoms with Crippen molar-refractivity contribution in [2.75, 3.05) is 0 Å². The summed E-state index contributed by atoms with van der Waals surface area (Å²) >= 11 is 0. The van der Waals surface area contributed by atoms with Gasteiger partial charge in [-0.1, -0.05) is 18.2 Å². The second-order valence-corrected chi connectivity index (χ2v) is 11.5. The minimum absolute atomic E-state index is 0.131. The van der Waals surface area contributed by atoms with Crippen molar-refractivity contribution in [3.8, 4) is 0 Å². The van der Waals surface area contributed by atoms with Gasteiger partial charge in [0, 0.05) is 24.8 Å². The Balaban J connectivity index is 1.39. The minimum atomic E-state index is -5.64. The summed E-state index contributed by atoms with van der Waals surface area (Å²) < 4.78 is 107. The molecule has 2 amide bonds. The number of carbonyl (C=O) groups excluding carboxylic acids is 2. The maximum Gasteiger partial charge on any atom is 0.400 e. The van der Waals surface area contributed by atoms with E-state index in [4.69, 9.17) is 0 Å². The van der Waals surface area contributed by atoms with E-state index in [2.05, 4.69) is 20.7 Å². The summed E-state index contributed by atoms with van der Waals surface area (Å²) in [5.41, 5.74) is 1.28. The van der Waals surface area contributed by atoms with Gasteiger partial charge in [-0.2, -0.15) is 31.4 Å². The highest BCUT2D eigenvalue weighted by atomic mass is 19.4. The van der Waals surface area contributed by atoms with Crippen molar-refractivity contribution >= 4 is 17.5 Å². The standard InChI is InChI=1S/C29H29F8N5O2/c30-27(31)10-8-17(9-11-27)25(41-26(44)18-4-2-1-3-5-18)20-15-42-22(39-20)12-19(14-38-42)24(16-6-7-16)40-23(43)13-21(28(32,33)34)29(35,36)37/h1-5,12,14-17,21,24-25H,6-11,13H2,(H,40,43)(H,41,44)/t24?,25-/m0/s1. The predicted molar refractivity (Wildman–Crippen MR) is 140 cm³/mol. The Bertz CT molecular complexity index is 1460. The molecule has 2 atom stereocenters. The van der Waals surface area contributed by atoms with Crippen LogP contribution in [-0.2, 0) is 4.79 Å².